The van der Waals surface area contributed by atoms with Gasteiger partial charge < -0.3 is 9.32 Å². The Bertz CT molecular complexity index is 645. The Morgan fingerprint density at radius 2 is 2.04 bits per heavy atom. The molecule has 2 aromatic heterocycles. The lowest BCUT2D eigenvalue weighted by atomic mass is 9.79. The van der Waals surface area contributed by atoms with Crippen molar-refractivity contribution < 1.29 is 8.81 Å². The van der Waals surface area contributed by atoms with Crippen LogP contribution in [-0.2, 0) is 6.54 Å². The second-order valence-corrected chi connectivity index (χ2v) is 6.77. The highest BCUT2D eigenvalue weighted by Gasteiger charge is 2.41. The third-order valence-electron chi connectivity index (χ3n) is 5.03. The average Bonchev–Trinajstić information content (AvgIpc) is 3.19. The second kappa shape index (κ2) is 5.92. The molecule has 2 fully saturated rings. The molecule has 0 radical (unpaired) electrons. The monoisotopic (exact) mass is 316 g/mol. The summed E-state index contributed by atoms with van der Waals surface area (Å²) in [6, 6.07) is 3.97. The standard InChI is InChI=1S/C17H21FN4O/c18-14-9-19-16(20-10-14)22-6-2-4-17(13-22)5-7-21(12-17)11-15-3-1-8-23-15/h1,3,8-10H,2,4-7,11-13H2/t17-/m1/s1. The Kier molecular flexibility index (Phi) is 3.77. The third kappa shape index (κ3) is 3.08. The summed E-state index contributed by atoms with van der Waals surface area (Å²) in [7, 11) is 0. The largest absolute Gasteiger partial charge is 0.468 e. The maximum Gasteiger partial charge on any atom is 0.225 e. The molecule has 0 bridgehead atoms. The molecule has 2 aliphatic heterocycles. The summed E-state index contributed by atoms with van der Waals surface area (Å²) in [5.41, 5.74) is 0.294. The maximum atomic E-state index is 13.0. The van der Waals surface area contributed by atoms with Crippen LogP contribution in [-0.4, -0.2) is 41.0 Å². The van der Waals surface area contributed by atoms with E-state index in [2.05, 4.69) is 19.8 Å². The molecule has 0 unspecified atom stereocenters. The van der Waals surface area contributed by atoms with Gasteiger partial charge in [-0.1, -0.05) is 0 Å². The Balaban J connectivity index is 1.43. The van der Waals surface area contributed by atoms with Crippen molar-refractivity contribution in [1.82, 2.24) is 14.9 Å². The molecule has 2 saturated heterocycles. The number of anilines is 1. The number of halogens is 1. The van der Waals surface area contributed by atoms with Crippen molar-refractivity contribution in [1.29, 1.82) is 0 Å². The van der Waals surface area contributed by atoms with E-state index in [1.54, 1.807) is 6.26 Å². The molecular weight excluding hydrogens is 295 g/mol. The van der Waals surface area contributed by atoms with Gasteiger partial charge in [0.2, 0.25) is 5.95 Å². The second-order valence-electron chi connectivity index (χ2n) is 6.77. The van der Waals surface area contributed by atoms with Gasteiger partial charge in [0.15, 0.2) is 5.82 Å². The summed E-state index contributed by atoms with van der Waals surface area (Å²) < 4.78 is 18.5. The van der Waals surface area contributed by atoms with Crippen molar-refractivity contribution in [2.75, 3.05) is 31.1 Å². The van der Waals surface area contributed by atoms with Gasteiger partial charge in [-0.15, -0.1) is 0 Å². The summed E-state index contributed by atoms with van der Waals surface area (Å²) in [6.45, 7) is 4.95. The van der Waals surface area contributed by atoms with Crippen LogP contribution in [0, 0.1) is 11.2 Å². The molecular formula is C17H21FN4O. The fourth-order valence-electron chi connectivity index (χ4n) is 3.97. The number of furan rings is 1. The zero-order chi connectivity index (χ0) is 15.7. The number of nitrogens with zero attached hydrogens (tertiary/aromatic N) is 4. The Labute approximate surface area is 135 Å². The molecule has 0 aliphatic carbocycles. The average molecular weight is 316 g/mol. The predicted octanol–water partition coefficient (Wildman–Crippen LogP) is 2.70. The molecule has 0 N–H and O–H groups in total. The van der Waals surface area contributed by atoms with Gasteiger partial charge >= 0.3 is 0 Å². The van der Waals surface area contributed by atoms with Crippen LogP contribution in [0.5, 0.6) is 0 Å². The van der Waals surface area contributed by atoms with E-state index in [0.717, 1.165) is 44.9 Å². The molecule has 2 aromatic rings. The van der Waals surface area contributed by atoms with Crippen molar-refractivity contribution in [3.8, 4) is 0 Å². The van der Waals surface area contributed by atoms with Gasteiger partial charge in [-0.3, -0.25) is 4.90 Å². The fourth-order valence-corrected chi connectivity index (χ4v) is 3.97. The molecule has 4 rings (SSSR count). The van der Waals surface area contributed by atoms with Crippen LogP contribution in [0.3, 0.4) is 0 Å². The van der Waals surface area contributed by atoms with Crippen LogP contribution in [0.1, 0.15) is 25.0 Å². The highest BCUT2D eigenvalue weighted by Crippen LogP contribution is 2.40. The number of piperidine rings is 1. The minimum Gasteiger partial charge on any atom is -0.468 e. The zero-order valence-corrected chi connectivity index (χ0v) is 13.1. The van der Waals surface area contributed by atoms with Gasteiger partial charge in [0.25, 0.3) is 0 Å². The lowest BCUT2D eigenvalue weighted by Crippen LogP contribution is -2.45. The molecule has 1 spiro atoms. The molecule has 1 atom stereocenters. The highest BCUT2D eigenvalue weighted by atomic mass is 19.1. The van der Waals surface area contributed by atoms with E-state index >= 15 is 0 Å². The quantitative estimate of drug-likeness (QED) is 0.871. The highest BCUT2D eigenvalue weighted by molar-refractivity contribution is 5.30. The van der Waals surface area contributed by atoms with E-state index in [0.29, 0.717) is 11.4 Å². The summed E-state index contributed by atoms with van der Waals surface area (Å²) in [5, 5.41) is 0. The minimum absolute atomic E-state index is 0.294. The van der Waals surface area contributed by atoms with Crippen LogP contribution in [0.25, 0.3) is 0 Å². The number of hydrogen-bond acceptors (Lipinski definition) is 5. The smallest absolute Gasteiger partial charge is 0.225 e. The number of aromatic nitrogens is 2. The summed E-state index contributed by atoms with van der Waals surface area (Å²) >= 11 is 0. The van der Waals surface area contributed by atoms with Crippen molar-refractivity contribution in [3.05, 3.63) is 42.4 Å². The molecule has 122 valence electrons. The van der Waals surface area contributed by atoms with E-state index in [1.165, 1.54) is 25.2 Å². The Hall–Kier alpha value is -1.95. The van der Waals surface area contributed by atoms with E-state index in [4.69, 9.17) is 4.42 Å². The SMILES string of the molecule is Fc1cnc(N2CCC[C@]3(CCN(Cc4ccco4)C3)C2)nc1. The van der Waals surface area contributed by atoms with Crippen molar-refractivity contribution in [2.45, 2.75) is 25.8 Å². The normalized spacial score (nSPS) is 25.3. The van der Waals surface area contributed by atoms with Crippen LogP contribution >= 0.6 is 0 Å². The van der Waals surface area contributed by atoms with Crippen LogP contribution in [0.4, 0.5) is 10.3 Å². The van der Waals surface area contributed by atoms with Crippen molar-refractivity contribution in [3.63, 3.8) is 0 Å². The number of hydrogen-bond donors (Lipinski definition) is 0. The first-order chi connectivity index (χ1) is 11.2. The van der Waals surface area contributed by atoms with Crippen LogP contribution in [0.2, 0.25) is 0 Å². The summed E-state index contributed by atoms with van der Waals surface area (Å²) in [6.07, 6.45) is 7.79. The van der Waals surface area contributed by atoms with Gasteiger partial charge in [-0.25, -0.2) is 14.4 Å². The summed E-state index contributed by atoms with van der Waals surface area (Å²) in [4.78, 5) is 13.0. The fraction of sp³-hybridized carbons (Fsp3) is 0.529. The number of rotatable bonds is 3. The molecule has 0 aromatic carbocycles. The van der Waals surface area contributed by atoms with Gasteiger partial charge in [-0.2, -0.15) is 0 Å². The third-order valence-corrected chi connectivity index (χ3v) is 5.03. The summed E-state index contributed by atoms with van der Waals surface area (Å²) in [5.74, 6) is 1.29. The Morgan fingerprint density at radius 1 is 1.17 bits per heavy atom. The first kappa shape index (κ1) is 14.6. The molecule has 0 amide bonds. The number of likely N-dealkylation sites (tertiary alicyclic amines) is 1. The van der Waals surface area contributed by atoms with Gasteiger partial charge in [0.1, 0.15) is 5.76 Å². The molecule has 6 heteroatoms. The first-order valence-electron chi connectivity index (χ1n) is 8.20. The van der Waals surface area contributed by atoms with Crippen LogP contribution < -0.4 is 4.90 Å². The topological polar surface area (TPSA) is 45.4 Å². The van der Waals surface area contributed by atoms with Gasteiger partial charge in [-0.05, 0) is 37.9 Å². The van der Waals surface area contributed by atoms with E-state index in [9.17, 15) is 4.39 Å². The van der Waals surface area contributed by atoms with E-state index in [1.807, 2.05) is 12.1 Å². The van der Waals surface area contributed by atoms with Gasteiger partial charge in [0.05, 0.1) is 25.2 Å². The van der Waals surface area contributed by atoms with E-state index < -0.39 is 0 Å². The minimum atomic E-state index is -0.383. The molecule has 4 heterocycles. The van der Waals surface area contributed by atoms with E-state index in [-0.39, 0.29) is 5.82 Å². The van der Waals surface area contributed by atoms with Crippen molar-refractivity contribution >= 4 is 5.95 Å². The maximum absolute atomic E-state index is 13.0. The molecule has 23 heavy (non-hydrogen) atoms. The lowest BCUT2D eigenvalue weighted by molar-refractivity contribution is 0.208. The predicted molar refractivity (Wildman–Crippen MR) is 84.5 cm³/mol. The van der Waals surface area contributed by atoms with Crippen molar-refractivity contribution in [2.24, 2.45) is 5.41 Å². The van der Waals surface area contributed by atoms with Gasteiger partial charge in [0, 0.05) is 25.0 Å². The molecule has 0 saturated carbocycles. The zero-order valence-electron chi connectivity index (χ0n) is 13.1. The first-order valence-corrected chi connectivity index (χ1v) is 8.20. The van der Waals surface area contributed by atoms with Crippen LogP contribution in [0.15, 0.2) is 35.2 Å². The molecule has 5 nitrogen and oxygen atoms in total. The Morgan fingerprint density at radius 3 is 2.83 bits per heavy atom. The lowest BCUT2D eigenvalue weighted by Gasteiger charge is -2.40. The molecule has 2 aliphatic rings.